The minimum absolute atomic E-state index is 0.00981. The van der Waals surface area contributed by atoms with E-state index < -0.39 is 0 Å². The predicted molar refractivity (Wildman–Crippen MR) is 96.1 cm³/mol. The summed E-state index contributed by atoms with van der Waals surface area (Å²) in [5.74, 6) is 0.427. The molecule has 1 saturated heterocycles. The van der Waals surface area contributed by atoms with E-state index in [2.05, 4.69) is 35.1 Å². The third-order valence-corrected chi connectivity index (χ3v) is 5.15. The third-order valence-electron chi connectivity index (χ3n) is 4.62. The van der Waals surface area contributed by atoms with Crippen molar-refractivity contribution in [1.29, 1.82) is 0 Å². The molecule has 5 heteroatoms. The van der Waals surface area contributed by atoms with E-state index in [0.717, 1.165) is 35.8 Å². The second-order valence-electron chi connectivity index (χ2n) is 6.11. The van der Waals surface area contributed by atoms with Crippen LogP contribution < -0.4 is 5.32 Å². The maximum atomic E-state index is 12.4. The summed E-state index contributed by atoms with van der Waals surface area (Å²) in [6.07, 6.45) is 3.27. The van der Waals surface area contributed by atoms with Crippen LogP contribution in [0.1, 0.15) is 39.5 Å². The second kappa shape index (κ2) is 8.48. The lowest BCUT2D eigenvalue weighted by Gasteiger charge is -2.33. The first-order valence-corrected chi connectivity index (χ1v) is 9.19. The van der Waals surface area contributed by atoms with Crippen LogP contribution in [0.3, 0.4) is 0 Å². The molecular formula is C18H25BrN2O2. The van der Waals surface area contributed by atoms with E-state index in [0.29, 0.717) is 13.1 Å². The van der Waals surface area contributed by atoms with E-state index in [9.17, 15) is 9.59 Å². The number of halogens is 1. The Kier molecular flexibility index (Phi) is 6.63. The van der Waals surface area contributed by atoms with Gasteiger partial charge in [-0.2, -0.15) is 0 Å². The van der Waals surface area contributed by atoms with Crippen LogP contribution in [-0.2, 0) is 9.59 Å². The summed E-state index contributed by atoms with van der Waals surface area (Å²) in [7, 11) is 0. The number of piperidine rings is 1. The number of hydrogen-bond acceptors (Lipinski definition) is 2. The molecule has 4 nitrogen and oxygen atoms in total. The largest absolute Gasteiger partial charge is 0.342 e. The normalized spacial score (nSPS) is 15.7. The molecule has 1 aliphatic rings. The standard InChI is InChI=1S/C18H25BrN2O2/c1-3-13(4-2)18(23)21-11-9-14(10-12-21)17(22)20-16-7-5-15(19)6-8-16/h5-8,13-14H,3-4,9-12H2,1-2H3,(H,20,22). The van der Waals surface area contributed by atoms with Crippen LogP contribution in [0, 0.1) is 11.8 Å². The number of likely N-dealkylation sites (tertiary alicyclic amines) is 1. The Morgan fingerprint density at radius 2 is 1.74 bits per heavy atom. The van der Waals surface area contributed by atoms with Crippen molar-refractivity contribution in [1.82, 2.24) is 4.90 Å². The van der Waals surface area contributed by atoms with Crippen molar-refractivity contribution >= 4 is 33.4 Å². The number of anilines is 1. The van der Waals surface area contributed by atoms with Gasteiger partial charge in [0.1, 0.15) is 0 Å². The van der Waals surface area contributed by atoms with Gasteiger partial charge < -0.3 is 10.2 Å². The van der Waals surface area contributed by atoms with Gasteiger partial charge in [-0.1, -0.05) is 29.8 Å². The smallest absolute Gasteiger partial charge is 0.227 e. The lowest BCUT2D eigenvalue weighted by Crippen LogP contribution is -2.43. The van der Waals surface area contributed by atoms with Gasteiger partial charge in [-0.3, -0.25) is 9.59 Å². The molecule has 0 saturated carbocycles. The first-order valence-electron chi connectivity index (χ1n) is 8.40. The van der Waals surface area contributed by atoms with Crippen LogP contribution in [0.5, 0.6) is 0 Å². The molecule has 1 heterocycles. The van der Waals surface area contributed by atoms with Gasteiger partial charge >= 0.3 is 0 Å². The summed E-state index contributed by atoms with van der Waals surface area (Å²) in [6.45, 7) is 5.50. The fraction of sp³-hybridized carbons (Fsp3) is 0.556. The van der Waals surface area contributed by atoms with E-state index in [4.69, 9.17) is 0 Å². The van der Waals surface area contributed by atoms with Gasteiger partial charge in [0.2, 0.25) is 11.8 Å². The van der Waals surface area contributed by atoms with Gasteiger partial charge in [0.25, 0.3) is 0 Å². The average molecular weight is 381 g/mol. The van der Waals surface area contributed by atoms with Gasteiger partial charge in [0.05, 0.1) is 0 Å². The minimum Gasteiger partial charge on any atom is -0.342 e. The van der Waals surface area contributed by atoms with Crippen molar-refractivity contribution in [3.05, 3.63) is 28.7 Å². The molecule has 0 radical (unpaired) electrons. The Hall–Kier alpha value is -1.36. The van der Waals surface area contributed by atoms with Gasteiger partial charge in [0, 0.05) is 35.1 Å². The Bertz CT molecular complexity index is 532. The SMILES string of the molecule is CCC(CC)C(=O)N1CCC(C(=O)Nc2ccc(Br)cc2)CC1. The van der Waals surface area contributed by atoms with Gasteiger partial charge in [-0.25, -0.2) is 0 Å². The van der Waals surface area contributed by atoms with Crippen molar-refractivity contribution in [2.45, 2.75) is 39.5 Å². The number of hydrogen-bond donors (Lipinski definition) is 1. The highest BCUT2D eigenvalue weighted by atomic mass is 79.9. The van der Waals surface area contributed by atoms with Crippen molar-refractivity contribution < 1.29 is 9.59 Å². The highest BCUT2D eigenvalue weighted by Gasteiger charge is 2.29. The number of rotatable bonds is 5. The quantitative estimate of drug-likeness (QED) is 0.836. The van der Waals surface area contributed by atoms with Crippen molar-refractivity contribution in [2.75, 3.05) is 18.4 Å². The Balaban J connectivity index is 1.85. The van der Waals surface area contributed by atoms with Crippen LogP contribution >= 0.6 is 15.9 Å². The summed E-state index contributed by atoms with van der Waals surface area (Å²) in [6, 6.07) is 7.58. The highest BCUT2D eigenvalue weighted by molar-refractivity contribution is 9.10. The summed E-state index contributed by atoms with van der Waals surface area (Å²) < 4.78 is 0.990. The zero-order chi connectivity index (χ0) is 16.8. The van der Waals surface area contributed by atoms with E-state index >= 15 is 0 Å². The first-order chi connectivity index (χ1) is 11.0. The molecule has 0 unspecified atom stereocenters. The molecular weight excluding hydrogens is 356 g/mol. The molecule has 2 amide bonds. The molecule has 1 N–H and O–H groups in total. The number of amides is 2. The fourth-order valence-corrected chi connectivity index (χ4v) is 3.30. The summed E-state index contributed by atoms with van der Waals surface area (Å²) in [5, 5.41) is 2.96. The number of carbonyl (C=O) groups is 2. The lowest BCUT2D eigenvalue weighted by molar-refractivity contribution is -0.138. The van der Waals surface area contributed by atoms with Crippen molar-refractivity contribution in [3.8, 4) is 0 Å². The van der Waals surface area contributed by atoms with Gasteiger partial charge in [0.15, 0.2) is 0 Å². The summed E-state index contributed by atoms with van der Waals surface area (Å²) in [5.41, 5.74) is 0.814. The molecule has 0 spiro atoms. The molecule has 0 aliphatic carbocycles. The van der Waals surface area contributed by atoms with E-state index in [1.165, 1.54) is 0 Å². The van der Waals surface area contributed by atoms with Gasteiger partial charge in [-0.05, 0) is 49.9 Å². The molecule has 1 aromatic rings. The molecule has 2 rings (SSSR count). The van der Waals surface area contributed by atoms with Crippen LogP contribution in [0.4, 0.5) is 5.69 Å². The molecule has 0 aromatic heterocycles. The lowest BCUT2D eigenvalue weighted by atomic mass is 9.93. The summed E-state index contributed by atoms with van der Waals surface area (Å²) in [4.78, 5) is 26.7. The topological polar surface area (TPSA) is 49.4 Å². The molecule has 23 heavy (non-hydrogen) atoms. The Morgan fingerprint density at radius 3 is 2.26 bits per heavy atom. The fourth-order valence-electron chi connectivity index (χ4n) is 3.04. The summed E-state index contributed by atoms with van der Waals surface area (Å²) >= 11 is 3.38. The molecule has 1 fully saturated rings. The zero-order valence-corrected chi connectivity index (χ0v) is 15.4. The molecule has 0 atom stereocenters. The average Bonchev–Trinajstić information content (AvgIpc) is 2.58. The number of carbonyl (C=O) groups excluding carboxylic acids is 2. The zero-order valence-electron chi connectivity index (χ0n) is 13.8. The maximum Gasteiger partial charge on any atom is 0.227 e. The maximum absolute atomic E-state index is 12.4. The van der Waals surface area contributed by atoms with Crippen molar-refractivity contribution in [2.24, 2.45) is 11.8 Å². The predicted octanol–water partition coefficient (Wildman–Crippen LogP) is 4.06. The minimum atomic E-state index is -0.00981. The highest BCUT2D eigenvalue weighted by Crippen LogP contribution is 2.23. The number of nitrogens with one attached hydrogen (secondary N) is 1. The number of benzene rings is 1. The van der Waals surface area contributed by atoms with E-state index in [1.807, 2.05) is 29.2 Å². The molecule has 1 aromatic carbocycles. The Morgan fingerprint density at radius 1 is 1.17 bits per heavy atom. The first kappa shape index (κ1) is 18.0. The van der Waals surface area contributed by atoms with E-state index in [-0.39, 0.29) is 23.7 Å². The van der Waals surface area contributed by atoms with Crippen LogP contribution in [-0.4, -0.2) is 29.8 Å². The van der Waals surface area contributed by atoms with Crippen LogP contribution in [0.2, 0.25) is 0 Å². The van der Waals surface area contributed by atoms with E-state index in [1.54, 1.807) is 0 Å². The monoisotopic (exact) mass is 380 g/mol. The Labute approximate surface area is 146 Å². The van der Waals surface area contributed by atoms with Gasteiger partial charge in [-0.15, -0.1) is 0 Å². The van der Waals surface area contributed by atoms with Crippen molar-refractivity contribution in [3.63, 3.8) is 0 Å². The van der Waals surface area contributed by atoms with Crippen LogP contribution in [0.15, 0.2) is 28.7 Å². The third kappa shape index (κ3) is 4.80. The molecule has 1 aliphatic heterocycles. The number of nitrogens with zero attached hydrogens (tertiary/aromatic N) is 1. The molecule has 126 valence electrons. The van der Waals surface area contributed by atoms with Crippen LogP contribution in [0.25, 0.3) is 0 Å². The second-order valence-corrected chi connectivity index (χ2v) is 7.02. The molecule has 0 bridgehead atoms.